The highest BCUT2D eigenvalue weighted by Gasteiger charge is 2.38. The summed E-state index contributed by atoms with van der Waals surface area (Å²) in [5.41, 5.74) is 4.44. The molecule has 0 saturated heterocycles. The van der Waals surface area contributed by atoms with Gasteiger partial charge in [0, 0.05) is 6.61 Å². The Morgan fingerprint density at radius 1 is 1.31 bits per heavy atom. The summed E-state index contributed by atoms with van der Waals surface area (Å²) >= 11 is 0. The normalized spacial score (nSPS) is 16.9. The van der Waals surface area contributed by atoms with Gasteiger partial charge in [0.15, 0.2) is 8.32 Å². The highest BCUT2D eigenvalue weighted by atomic mass is 28.4. The number of carbonyl (C=O) groups is 1. The fourth-order valence-electron chi connectivity index (χ4n) is 0.842. The van der Waals surface area contributed by atoms with Gasteiger partial charge in [0.25, 0.3) is 0 Å². The van der Waals surface area contributed by atoms with E-state index in [-0.39, 0.29) is 5.04 Å². The highest BCUT2D eigenvalue weighted by Crippen LogP contribution is 2.36. The van der Waals surface area contributed by atoms with Crippen molar-refractivity contribution >= 4 is 14.3 Å². The van der Waals surface area contributed by atoms with Crippen LogP contribution >= 0.6 is 0 Å². The Balaban J connectivity index is 4.24. The van der Waals surface area contributed by atoms with E-state index in [2.05, 4.69) is 33.9 Å². The molecule has 0 radical (unpaired) electrons. The van der Waals surface area contributed by atoms with Gasteiger partial charge in [0.05, 0.1) is 0 Å². The van der Waals surface area contributed by atoms with E-state index in [1.165, 1.54) is 6.92 Å². The molecule has 0 bridgehead atoms. The average molecular weight is 247 g/mol. The van der Waals surface area contributed by atoms with Crippen molar-refractivity contribution in [3.63, 3.8) is 0 Å². The smallest absolute Gasteiger partial charge is 0.323 e. The zero-order valence-corrected chi connectivity index (χ0v) is 12.3. The summed E-state index contributed by atoms with van der Waals surface area (Å²) < 4.78 is 5.88. The summed E-state index contributed by atoms with van der Waals surface area (Å²) in [6.07, 6.45) is 0.342. The zero-order valence-electron chi connectivity index (χ0n) is 11.3. The van der Waals surface area contributed by atoms with Crippen LogP contribution < -0.4 is 5.73 Å². The molecule has 16 heavy (non-hydrogen) atoms. The largest absolute Gasteiger partial charge is 0.480 e. The van der Waals surface area contributed by atoms with Gasteiger partial charge in [-0.2, -0.15) is 0 Å². The molecule has 0 heterocycles. The van der Waals surface area contributed by atoms with Crippen LogP contribution in [-0.2, 0) is 9.22 Å². The summed E-state index contributed by atoms with van der Waals surface area (Å²) in [6, 6.07) is 0. The van der Waals surface area contributed by atoms with Gasteiger partial charge in [-0.15, -0.1) is 0 Å². The van der Waals surface area contributed by atoms with Crippen LogP contribution in [0.25, 0.3) is 0 Å². The Kier molecular flexibility index (Phi) is 4.73. The Hall–Kier alpha value is -0.393. The summed E-state index contributed by atoms with van der Waals surface area (Å²) in [5.74, 6) is -0.980. The second-order valence-electron chi connectivity index (χ2n) is 6.08. The fourth-order valence-corrected chi connectivity index (χ4v) is 1.89. The monoisotopic (exact) mass is 247 g/mol. The summed E-state index contributed by atoms with van der Waals surface area (Å²) in [4.78, 5) is 10.8. The number of nitrogens with two attached hydrogens (primary N) is 1. The molecular weight excluding hydrogens is 222 g/mol. The minimum atomic E-state index is -1.79. The van der Waals surface area contributed by atoms with E-state index in [0.717, 1.165) is 0 Å². The number of hydrogen-bond acceptors (Lipinski definition) is 3. The molecular formula is C11H25NO3Si. The lowest BCUT2D eigenvalue weighted by molar-refractivity contribution is -0.143. The first-order valence-corrected chi connectivity index (χ1v) is 8.47. The van der Waals surface area contributed by atoms with Crippen molar-refractivity contribution in [2.24, 2.45) is 5.73 Å². The maximum absolute atomic E-state index is 10.8. The minimum Gasteiger partial charge on any atom is -0.480 e. The molecule has 0 aromatic rings. The average Bonchev–Trinajstić information content (AvgIpc) is 2.00. The van der Waals surface area contributed by atoms with Crippen molar-refractivity contribution < 1.29 is 14.3 Å². The number of carboxylic acids is 1. The van der Waals surface area contributed by atoms with Crippen LogP contribution in [0, 0.1) is 0 Å². The Bertz CT molecular complexity index is 256. The Morgan fingerprint density at radius 3 is 2.06 bits per heavy atom. The second kappa shape index (κ2) is 4.85. The van der Waals surface area contributed by atoms with Gasteiger partial charge in [-0.3, -0.25) is 4.79 Å². The Morgan fingerprint density at radius 2 is 1.75 bits per heavy atom. The lowest BCUT2D eigenvalue weighted by Crippen LogP contribution is -2.47. The molecule has 0 aliphatic heterocycles. The molecule has 5 heteroatoms. The first kappa shape index (κ1) is 15.6. The number of carboxylic acid groups (broad SMARTS) is 1. The van der Waals surface area contributed by atoms with Crippen LogP contribution in [0.4, 0.5) is 0 Å². The standard InChI is InChI=1S/C11H25NO3Si/c1-10(2,3)16(5,6)15-8-7-11(4,12)9(13)14/h7-8,12H2,1-6H3,(H,13,14). The van der Waals surface area contributed by atoms with E-state index in [0.29, 0.717) is 13.0 Å². The topological polar surface area (TPSA) is 72.5 Å². The van der Waals surface area contributed by atoms with E-state index in [4.69, 9.17) is 15.3 Å². The molecule has 0 spiro atoms. The molecule has 0 aromatic heterocycles. The molecule has 0 aliphatic rings. The summed E-state index contributed by atoms with van der Waals surface area (Å²) in [7, 11) is -1.79. The third kappa shape index (κ3) is 4.23. The summed E-state index contributed by atoms with van der Waals surface area (Å²) in [6.45, 7) is 12.7. The molecule has 1 atom stereocenters. The maximum atomic E-state index is 10.8. The third-order valence-corrected chi connectivity index (χ3v) is 7.92. The van der Waals surface area contributed by atoms with Gasteiger partial charge in [-0.1, -0.05) is 20.8 Å². The van der Waals surface area contributed by atoms with Gasteiger partial charge in [0.1, 0.15) is 5.54 Å². The van der Waals surface area contributed by atoms with E-state index >= 15 is 0 Å². The van der Waals surface area contributed by atoms with Gasteiger partial charge in [-0.25, -0.2) is 0 Å². The van der Waals surface area contributed by atoms with Crippen molar-refractivity contribution in [2.75, 3.05) is 6.61 Å². The molecule has 3 N–H and O–H groups in total. The van der Waals surface area contributed by atoms with Crippen molar-refractivity contribution in [3.8, 4) is 0 Å². The predicted octanol–water partition coefficient (Wildman–Crippen LogP) is 2.20. The maximum Gasteiger partial charge on any atom is 0.323 e. The van der Waals surface area contributed by atoms with Crippen LogP contribution in [0.2, 0.25) is 18.1 Å². The van der Waals surface area contributed by atoms with Crippen molar-refractivity contribution in [3.05, 3.63) is 0 Å². The van der Waals surface area contributed by atoms with Gasteiger partial charge in [0.2, 0.25) is 0 Å². The molecule has 0 rings (SSSR count). The quantitative estimate of drug-likeness (QED) is 0.731. The van der Waals surface area contributed by atoms with Crippen LogP contribution in [0.15, 0.2) is 0 Å². The fraction of sp³-hybridized carbons (Fsp3) is 0.909. The lowest BCUT2D eigenvalue weighted by atomic mass is 10.0. The SMILES string of the molecule is CC(N)(CCO[Si](C)(C)C(C)(C)C)C(=O)O. The third-order valence-electron chi connectivity index (χ3n) is 3.38. The van der Waals surface area contributed by atoms with Crippen LogP contribution in [0.1, 0.15) is 34.1 Å². The molecule has 4 nitrogen and oxygen atoms in total. The second-order valence-corrected chi connectivity index (χ2v) is 10.9. The predicted molar refractivity (Wildman–Crippen MR) is 68.0 cm³/mol. The minimum absolute atomic E-state index is 0.140. The Labute approximate surface area is 99.3 Å². The molecule has 96 valence electrons. The highest BCUT2D eigenvalue weighted by molar-refractivity contribution is 6.74. The lowest BCUT2D eigenvalue weighted by Gasteiger charge is -2.36. The van der Waals surface area contributed by atoms with Gasteiger partial charge >= 0.3 is 5.97 Å². The number of rotatable bonds is 5. The van der Waals surface area contributed by atoms with Crippen LogP contribution in [0.5, 0.6) is 0 Å². The van der Waals surface area contributed by atoms with Crippen LogP contribution in [0.3, 0.4) is 0 Å². The molecule has 0 aliphatic carbocycles. The van der Waals surface area contributed by atoms with Gasteiger partial charge < -0.3 is 15.3 Å². The van der Waals surface area contributed by atoms with Crippen molar-refractivity contribution in [2.45, 2.75) is 57.8 Å². The molecule has 0 fully saturated rings. The van der Waals surface area contributed by atoms with E-state index in [1.807, 2.05) is 0 Å². The molecule has 0 saturated carbocycles. The van der Waals surface area contributed by atoms with E-state index in [1.54, 1.807) is 0 Å². The van der Waals surface area contributed by atoms with Crippen molar-refractivity contribution in [1.29, 1.82) is 0 Å². The first-order chi connectivity index (χ1) is 6.90. The first-order valence-electron chi connectivity index (χ1n) is 5.56. The molecule has 1 unspecified atom stereocenters. The zero-order chi connectivity index (χ0) is 13.2. The van der Waals surface area contributed by atoms with Crippen LogP contribution in [-0.4, -0.2) is 31.5 Å². The van der Waals surface area contributed by atoms with E-state index in [9.17, 15) is 4.79 Å². The van der Waals surface area contributed by atoms with Crippen molar-refractivity contribution in [1.82, 2.24) is 0 Å². The van der Waals surface area contributed by atoms with Gasteiger partial charge in [-0.05, 0) is 31.5 Å². The summed E-state index contributed by atoms with van der Waals surface area (Å²) in [5, 5.41) is 9.00. The number of aliphatic carboxylic acids is 1. The molecule has 0 amide bonds. The van der Waals surface area contributed by atoms with E-state index < -0.39 is 19.8 Å². The molecule has 0 aromatic carbocycles. The number of hydrogen-bond donors (Lipinski definition) is 2.